The van der Waals surface area contributed by atoms with Crippen LogP contribution in [0.2, 0.25) is 0 Å². The van der Waals surface area contributed by atoms with Crippen molar-refractivity contribution in [3.05, 3.63) is 127 Å². The maximum atomic E-state index is 15.8. The molecule has 4 aromatic rings. The third-order valence-electron chi connectivity index (χ3n) is 5.88. The normalized spacial score (nSPS) is 13.4. The predicted octanol–water partition coefficient (Wildman–Crippen LogP) is 6.24. The zero-order valence-corrected chi connectivity index (χ0v) is 17.2. The monoisotopic (exact) mass is 422 g/mol. The van der Waals surface area contributed by atoms with E-state index in [1.54, 1.807) is 115 Å². The summed E-state index contributed by atoms with van der Waals surface area (Å²) in [5.41, 5.74) is 0.670. The standard InChI is InChI=1S/C26H22F3P/c27-26(28,29)30(23-15-7-2-8-16-23,24-17-9-3-10-18-24,25-19-11-4-12-20-25)21-22-13-5-1-6-14-22/h1-20H,21H2. The molecule has 0 bridgehead atoms. The molecule has 0 saturated carbocycles. The van der Waals surface area contributed by atoms with Crippen molar-refractivity contribution in [2.24, 2.45) is 0 Å². The molecule has 0 spiro atoms. The van der Waals surface area contributed by atoms with Gasteiger partial charge in [-0.2, -0.15) is 0 Å². The first kappa shape index (κ1) is 20.4. The third-order valence-corrected chi connectivity index (χ3v) is 12.3. The molecule has 0 heterocycles. The van der Waals surface area contributed by atoms with Crippen LogP contribution in [-0.2, 0) is 6.16 Å². The molecule has 0 nitrogen and oxygen atoms in total. The summed E-state index contributed by atoms with van der Waals surface area (Å²) < 4.78 is 47.5. The van der Waals surface area contributed by atoms with Gasteiger partial charge in [-0.3, -0.25) is 0 Å². The molecule has 0 saturated heterocycles. The molecule has 0 aromatic heterocycles. The van der Waals surface area contributed by atoms with Gasteiger partial charge in [-0.05, 0) is 0 Å². The van der Waals surface area contributed by atoms with Crippen molar-refractivity contribution in [2.75, 3.05) is 0 Å². The van der Waals surface area contributed by atoms with E-state index in [1.807, 2.05) is 6.07 Å². The number of alkyl halides is 3. The molecule has 0 amide bonds. The zero-order chi connectivity index (χ0) is 21.1. The van der Waals surface area contributed by atoms with Gasteiger partial charge in [-0.25, -0.2) is 0 Å². The summed E-state index contributed by atoms with van der Waals surface area (Å²) in [6, 6.07) is 34.5. The van der Waals surface area contributed by atoms with Gasteiger partial charge in [-0.1, -0.05) is 0 Å². The fraction of sp³-hybridized carbons (Fsp3) is 0.0769. The van der Waals surface area contributed by atoms with E-state index in [-0.39, 0.29) is 6.16 Å². The second kappa shape index (κ2) is 7.74. The average molecular weight is 422 g/mol. The maximum absolute atomic E-state index is 15.8. The predicted molar refractivity (Wildman–Crippen MR) is 121 cm³/mol. The van der Waals surface area contributed by atoms with E-state index >= 15 is 13.2 Å². The SMILES string of the molecule is FC(F)(F)P(Cc1ccccc1)(c1ccccc1)(c1ccccc1)c1ccccc1. The Labute approximate surface area is 174 Å². The Hall–Kier alpha value is -2.90. The molecule has 4 aromatic carbocycles. The number of hydrogen-bond acceptors (Lipinski definition) is 0. The van der Waals surface area contributed by atoms with E-state index in [0.717, 1.165) is 0 Å². The topological polar surface area (TPSA) is 0 Å². The van der Waals surface area contributed by atoms with Crippen molar-refractivity contribution < 1.29 is 13.2 Å². The van der Waals surface area contributed by atoms with Crippen LogP contribution in [0.1, 0.15) is 5.56 Å². The minimum absolute atomic E-state index is 0.117. The molecule has 0 aliphatic rings. The molecule has 0 atom stereocenters. The van der Waals surface area contributed by atoms with Gasteiger partial charge in [-0.15, -0.1) is 0 Å². The van der Waals surface area contributed by atoms with Gasteiger partial charge in [0.1, 0.15) is 0 Å². The Balaban J connectivity index is 2.25. The van der Waals surface area contributed by atoms with Crippen LogP contribution in [0.3, 0.4) is 0 Å². The van der Waals surface area contributed by atoms with E-state index in [0.29, 0.717) is 21.5 Å². The molecule has 0 radical (unpaired) electrons. The molecule has 0 N–H and O–H groups in total. The average Bonchev–Trinajstić information content (AvgIpc) is 2.79. The third kappa shape index (κ3) is 2.88. The second-order valence-corrected chi connectivity index (χ2v) is 12.4. The van der Waals surface area contributed by atoms with E-state index in [9.17, 15) is 0 Å². The van der Waals surface area contributed by atoms with Gasteiger partial charge in [0.25, 0.3) is 0 Å². The van der Waals surface area contributed by atoms with Gasteiger partial charge >= 0.3 is 175 Å². The minimum atomic E-state index is -4.94. The Kier molecular flexibility index (Phi) is 5.26. The molecule has 4 heteroatoms. The molecule has 152 valence electrons. The van der Waals surface area contributed by atoms with Crippen LogP contribution in [0.25, 0.3) is 0 Å². The molecular formula is C26H22F3P. The molecule has 4 rings (SSSR count). The summed E-state index contributed by atoms with van der Waals surface area (Å²) >= 11 is 0. The molecule has 0 aliphatic heterocycles. The van der Waals surface area contributed by atoms with Crippen molar-refractivity contribution in [2.45, 2.75) is 12.1 Å². The van der Waals surface area contributed by atoms with Crippen LogP contribution in [0, 0.1) is 0 Å². The van der Waals surface area contributed by atoms with Gasteiger partial charge in [0.05, 0.1) is 0 Å². The summed E-state index contributed by atoms with van der Waals surface area (Å²) in [4.78, 5) is 0. The van der Waals surface area contributed by atoms with E-state index in [4.69, 9.17) is 0 Å². The summed E-state index contributed by atoms with van der Waals surface area (Å²) in [7, 11) is 0. The van der Waals surface area contributed by atoms with Crippen molar-refractivity contribution in [3.63, 3.8) is 0 Å². The van der Waals surface area contributed by atoms with Gasteiger partial charge < -0.3 is 0 Å². The number of hydrogen-bond donors (Lipinski definition) is 0. The first-order valence-electron chi connectivity index (χ1n) is 9.77. The Morgan fingerprint density at radius 3 is 1.07 bits per heavy atom. The van der Waals surface area contributed by atoms with Crippen LogP contribution in [0.5, 0.6) is 0 Å². The van der Waals surface area contributed by atoms with Gasteiger partial charge in [0, 0.05) is 0 Å². The van der Waals surface area contributed by atoms with Gasteiger partial charge in [0.2, 0.25) is 0 Å². The summed E-state index contributed by atoms with van der Waals surface area (Å²) in [5.74, 6) is -4.49. The van der Waals surface area contributed by atoms with Crippen molar-refractivity contribution in [3.8, 4) is 0 Å². The zero-order valence-electron chi connectivity index (χ0n) is 16.3. The first-order valence-corrected chi connectivity index (χ1v) is 12.2. The van der Waals surface area contributed by atoms with Crippen LogP contribution < -0.4 is 15.9 Å². The number of halogens is 3. The van der Waals surface area contributed by atoms with Crippen molar-refractivity contribution in [1.82, 2.24) is 0 Å². The van der Waals surface area contributed by atoms with E-state index in [2.05, 4.69) is 0 Å². The molecule has 0 fully saturated rings. The molecule has 30 heavy (non-hydrogen) atoms. The Morgan fingerprint density at radius 1 is 0.467 bits per heavy atom. The fourth-order valence-electron chi connectivity index (χ4n) is 4.47. The summed E-state index contributed by atoms with van der Waals surface area (Å²) in [6.45, 7) is -4.94. The molecule has 0 unspecified atom stereocenters. The number of rotatable bonds is 5. The molecular weight excluding hydrogens is 400 g/mol. The Bertz CT molecular complexity index is 993. The van der Waals surface area contributed by atoms with Crippen molar-refractivity contribution in [1.29, 1.82) is 0 Å². The fourth-order valence-corrected chi connectivity index (χ4v) is 10.4. The van der Waals surface area contributed by atoms with Crippen LogP contribution in [0.15, 0.2) is 121 Å². The van der Waals surface area contributed by atoms with Crippen LogP contribution in [-0.4, -0.2) is 5.92 Å². The van der Waals surface area contributed by atoms with Crippen LogP contribution >= 0.6 is 6.60 Å². The van der Waals surface area contributed by atoms with Crippen molar-refractivity contribution >= 4 is 22.5 Å². The summed E-state index contributed by atoms with van der Waals surface area (Å²) in [5, 5.41) is 0.992. The Morgan fingerprint density at radius 2 is 0.767 bits per heavy atom. The second-order valence-electron chi connectivity index (χ2n) is 7.42. The van der Waals surface area contributed by atoms with Gasteiger partial charge in [0.15, 0.2) is 0 Å². The van der Waals surface area contributed by atoms with Crippen LogP contribution in [0.4, 0.5) is 13.2 Å². The quantitative estimate of drug-likeness (QED) is 0.334. The summed E-state index contributed by atoms with van der Waals surface area (Å²) in [6.07, 6.45) is -0.117. The van der Waals surface area contributed by atoms with E-state index in [1.165, 1.54) is 0 Å². The number of benzene rings is 4. The van der Waals surface area contributed by atoms with E-state index < -0.39 is 12.5 Å². The first-order chi connectivity index (χ1) is 14.5. The molecule has 0 aliphatic carbocycles.